The zero-order valence-electron chi connectivity index (χ0n) is 19.2. The van der Waals surface area contributed by atoms with Gasteiger partial charge in [-0.15, -0.1) is 0 Å². The molecule has 2 fully saturated rings. The number of ether oxygens (including phenoxy) is 1. The minimum Gasteiger partial charge on any atom is -0.447 e. The first kappa shape index (κ1) is 23.0. The second-order valence-electron chi connectivity index (χ2n) is 8.68. The van der Waals surface area contributed by atoms with Gasteiger partial charge in [0, 0.05) is 44.3 Å². The van der Waals surface area contributed by atoms with E-state index in [1.165, 1.54) is 17.0 Å². The molecular formula is C23H28N4O5S. The molecule has 4 rings (SSSR count). The van der Waals surface area contributed by atoms with Crippen LogP contribution in [0, 0.1) is 13.8 Å². The van der Waals surface area contributed by atoms with E-state index in [4.69, 9.17) is 4.74 Å². The van der Waals surface area contributed by atoms with Crippen LogP contribution in [0.1, 0.15) is 28.4 Å². The van der Waals surface area contributed by atoms with Crippen LogP contribution in [-0.4, -0.2) is 75.4 Å². The Labute approximate surface area is 193 Å². The topological polar surface area (TPSA) is 100 Å². The molecule has 0 bridgehead atoms. The number of rotatable bonds is 4. The molecule has 2 aromatic rings. The maximum absolute atomic E-state index is 13.3. The molecule has 2 saturated heterocycles. The Bertz CT molecular complexity index is 1210. The first-order valence-electron chi connectivity index (χ1n) is 10.8. The van der Waals surface area contributed by atoms with Gasteiger partial charge in [0.1, 0.15) is 12.4 Å². The van der Waals surface area contributed by atoms with Crippen LogP contribution in [-0.2, 0) is 14.6 Å². The molecular weight excluding hydrogens is 444 g/mol. The summed E-state index contributed by atoms with van der Waals surface area (Å²) in [4.78, 5) is 35.0. The van der Waals surface area contributed by atoms with Crippen LogP contribution in [0.5, 0.6) is 0 Å². The number of hydrogen-bond donors (Lipinski definition) is 0. The number of hydrogen-bond acceptors (Lipinski definition) is 7. The number of amides is 2. The van der Waals surface area contributed by atoms with E-state index in [0.717, 1.165) is 23.2 Å². The lowest BCUT2D eigenvalue weighted by atomic mass is 10.1. The molecule has 2 aliphatic heterocycles. The number of sulfone groups is 1. The Hall–Kier alpha value is -3.14. The molecule has 0 N–H and O–H groups in total. The molecule has 10 heteroatoms. The quantitative estimate of drug-likeness (QED) is 0.674. The molecule has 0 unspecified atom stereocenters. The maximum Gasteiger partial charge on any atom is 0.414 e. The second-order valence-corrected chi connectivity index (χ2v) is 10.7. The van der Waals surface area contributed by atoms with Gasteiger partial charge >= 0.3 is 6.09 Å². The summed E-state index contributed by atoms with van der Waals surface area (Å²) in [5, 5.41) is 0. The van der Waals surface area contributed by atoms with Crippen LogP contribution >= 0.6 is 0 Å². The summed E-state index contributed by atoms with van der Waals surface area (Å²) >= 11 is 0. The molecule has 0 radical (unpaired) electrons. The van der Waals surface area contributed by atoms with Gasteiger partial charge in [0.25, 0.3) is 5.91 Å². The molecule has 0 saturated carbocycles. The van der Waals surface area contributed by atoms with Crippen molar-refractivity contribution in [1.29, 1.82) is 0 Å². The number of anilines is 2. The Balaban J connectivity index is 1.56. The van der Waals surface area contributed by atoms with Crippen molar-refractivity contribution in [2.24, 2.45) is 0 Å². The summed E-state index contributed by atoms with van der Waals surface area (Å²) in [7, 11) is -3.71. The number of aromatic nitrogens is 1. The molecule has 0 spiro atoms. The van der Waals surface area contributed by atoms with Crippen LogP contribution in [0.2, 0.25) is 0 Å². The van der Waals surface area contributed by atoms with Gasteiger partial charge in [-0.1, -0.05) is 6.07 Å². The van der Waals surface area contributed by atoms with Crippen molar-refractivity contribution in [1.82, 2.24) is 9.88 Å². The van der Waals surface area contributed by atoms with Gasteiger partial charge in [0.2, 0.25) is 0 Å². The fraction of sp³-hybridized carbons (Fsp3) is 0.435. The average molecular weight is 473 g/mol. The molecule has 1 aromatic heterocycles. The van der Waals surface area contributed by atoms with Crippen LogP contribution in [0.15, 0.2) is 35.4 Å². The number of nitrogens with zero attached hydrogens (tertiary/aromatic N) is 4. The fourth-order valence-corrected chi connectivity index (χ4v) is 5.24. The maximum atomic E-state index is 13.3. The monoisotopic (exact) mass is 472 g/mol. The Morgan fingerprint density at radius 2 is 1.82 bits per heavy atom. The zero-order chi connectivity index (χ0) is 23.9. The van der Waals surface area contributed by atoms with E-state index >= 15 is 0 Å². The number of cyclic esters (lactones) is 1. The van der Waals surface area contributed by atoms with E-state index in [0.29, 0.717) is 31.9 Å². The van der Waals surface area contributed by atoms with Crippen molar-refractivity contribution in [2.75, 3.05) is 48.8 Å². The van der Waals surface area contributed by atoms with E-state index < -0.39 is 15.9 Å². The molecule has 3 heterocycles. The zero-order valence-corrected chi connectivity index (χ0v) is 20.1. The highest BCUT2D eigenvalue weighted by atomic mass is 32.2. The van der Waals surface area contributed by atoms with Crippen LogP contribution in [0.4, 0.5) is 16.3 Å². The number of carbonyl (C=O) groups excluding carboxylic acids is 2. The van der Waals surface area contributed by atoms with E-state index in [1.807, 2.05) is 27.0 Å². The third-order valence-corrected chi connectivity index (χ3v) is 7.15. The van der Waals surface area contributed by atoms with E-state index in [2.05, 4.69) is 16.0 Å². The van der Waals surface area contributed by atoms with Crippen molar-refractivity contribution >= 4 is 33.3 Å². The second kappa shape index (κ2) is 8.66. The summed E-state index contributed by atoms with van der Waals surface area (Å²) in [6, 6.07) is 6.34. The lowest BCUT2D eigenvalue weighted by Gasteiger charge is -2.36. The highest BCUT2D eigenvalue weighted by molar-refractivity contribution is 7.90. The molecule has 176 valence electrons. The van der Waals surface area contributed by atoms with Gasteiger partial charge < -0.3 is 14.5 Å². The van der Waals surface area contributed by atoms with Crippen molar-refractivity contribution in [2.45, 2.75) is 31.7 Å². The molecule has 2 aliphatic rings. The summed E-state index contributed by atoms with van der Waals surface area (Å²) in [6.07, 6.45) is 2.37. The van der Waals surface area contributed by atoms with Gasteiger partial charge in [-0.05, 0) is 50.1 Å². The standard InChI is InChI=1S/C23H28N4O5S/c1-15-11-16(2)21(24-13-15)25-7-9-26(10-8-25)22(28)19-6-5-18(12-20(19)33(4,30)31)27-17(3)14-32-23(27)29/h5-6,11-13,17H,7-10,14H2,1-4H3/t17-/m1/s1. The van der Waals surface area contributed by atoms with Crippen molar-refractivity contribution in [3.8, 4) is 0 Å². The predicted molar refractivity (Wildman–Crippen MR) is 125 cm³/mol. The van der Waals surface area contributed by atoms with Crippen LogP contribution in [0.3, 0.4) is 0 Å². The lowest BCUT2D eigenvalue weighted by Crippen LogP contribution is -2.49. The van der Waals surface area contributed by atoms with Gasteiger partial charge in [-0.25, -0.2) is 18.2 Å². The number of pyridine rings is 1. The van der Waals surface area contributed by atoms with Crippen molar-refractivity contribution in [3.63, 3.8) is 0 Å². The van der Waals surface area contributed by atoms with E-state index in [9.17, 15) is 18.0 Å². The molecule has 1 atom stereocenters. The van der Waals surface area contributed by atoms with E-state index in [-0.39, 0.29) is 29.0 Å². The first-order valence-corrected chi connectivity index (χ1v) is 12.7. The predicted octanol–water partition coefficient (Wildman–Crippen LogP) is 2.41. The third kappa shape index (κ3) is 4.52. The normalized spacial score (nSPS) is 19.1. The largest absolute Gasteiger partial charge is 0.447 e. The molecule has 0 aliphatic carbocycles. The van der Waals surface area contributed by atoms with Crippen LogP contribution in [0.25, 0.3) is 0 Å². The lowest BCUT2D eigenvalue weighted by molar-refractivity contribution is 0.0742. The fourth-order valence-electron chi connectivity index (χ4n) is 4.35. The number of carbonyl (C=O) groups is 2. The summed E-state index contributed by atoms with van der Waals surface area (Å²) < 4.78 is 30.1. The minimum absolute atomic E-state index is 0.0876. The summed E-state index contributed by atoms with van der Waals surface area (Å²) in [5.74, 6) is 0.563. The van der Waals surface area contributed by atoms with Gasteiger partial charge in [-0.3, -0.25) is 9.69 Å². The SMILES string of the molecule is Cc1cnc(N2CCN(C(=O)c3ccc(N4C(=O)OC[C@H]4C)cc3S(C)(=O)=O)CC2)c(C)c1. The Morgan fingerprint density at radius 3 is 2.39 bits per heavy atom. The van der Waals surface area contributed by atoms with Crippen molar-refractivity contribution in [3.05, 3.63) is 47.2 Å². The average Bonchev–Trinajstić information content (AvgIpc) is 3.10. The number of piperazine rings is 1. The van der Waals surface area contributed by atoms with E-state index in [1.54, 1.807) is 11.0 Å². The molecule has 1 aromatic carbocycles. The number of benzene rings is 1. The minimum atomic E-state index is -3.71. The first-order chi connectivity index (χ1) is 15.6. The van der Waals surface area contributed by atoms with Gasteiger partial charge in [0.15, 0.2) is 9.84 Å². The summed E-state index contributed by atoms with van der Waals surface area (Å²) in [6.45, 7) is 8.17. The van der Waals surface area contributed by atoms with Gasteiger partial charge in [-0.2, -0.15) is 0 Å². The Morgan fingerprint density at radius 1 is 1.12 bits per heavy atom. The highest BCUT2D eigenvalue weighted by Gasteiger charge is 2.33. The Kier molecular flexibility index (Phi) is 6.04. The van der Waals surface area contributed by atoms with Crippen LogP contribution < -0.4 is 9.80 Å². The smallest absolute Gasteiger partial charge is 0.414 e. The molecule has 33 heavy (non-hydrogen) atoms. The van der Waals surface area contributed by atoms with Gasteiger partial charge in [0.05, 0.1) is 16.5 Å². The number of aryl methyl sites for hydroxylation is 2. The summed E-state index contributed by atoms with van der Waals surface area (Å²) in [5.41, 5.74) is 2.69. The molecule has 2 amide bonds. The third-order valence-electron chi connectivity index (χ3n) is 6.01. The highest BCUT2D eigenvalue weighted by Crippen LogP contribution is 2.29. The molecule has 9 nitrogen and oxygen atoms in total. The van der Waals surface area contributed by atoms with Crippen molar-refractivity contribution < 1.29 is 22.7 Å².